The number of halogens is 1. The number of hydrogen-bond acceptors (Lipinski definition) is 4. The summed E-state index contributed by atoms with van der Waals surface area (Å²) < 4.78 is 18.7. The molecule has 2 aromatic heterocycles. The number of benzene rings is 1. The van der Waals surface area contributed by atoms with Crippen LogP contribution in [0.25, 0.3) is 11.1 Å². The van der Waals surface area contributed by atoms with Crippen molar-refractivity contribution in [1.82, 2.24) is 9.97 Å². The number of primary amides is 1. The van der Waals surface area contributed by atoms with Gasteiger partial charge in [0, 0.05) is 41.8 Å². The van der Waals surface area contributed by atoms with Crippen LogP contribution in [0, 0.1) is 5.82 Å². The molecule has 6 nitrogen and oxygen atoms in total. The average molecular weight is 378 g/mol. The number of nitrogens with zero attached hydrogens (tertiary/aromatic N) is 3. The lowest BCUT2D eigenvalue weighted by molar-refractivity contribution is 0.253. The Morgan fingerprint density at radius 1 is 1.14 bits per heavy atom. The van der Waals surface area contributed by atoms with Crippen LogP contribution < -0.4 is 15.4 Å². The fraction of sp³-hybridized carbons (Fsp3) is 0.190. The molecule has 3 aromatic rings. The fourth-order valence-electron chi connectivity index (χ4n) is 3.26. The predicted octanol–water partition coefficient (Wildman–Crippen LogP) is 3.69. The predicted molar refractivity (Wildman–Crippen MR) is 103 cm³/mol. The third-order valence-corrected chi connectivity index (χ3v) is 4.64. The summed E-state index contributed by atoms with van der Waals surface area (Å²) in [6.07, 6.45) is 6.92. The summed E-state index contributed by atoms with van der Waals surface area (Å²) in [4.78, 5) is 21.8. The number of aromatic nitrogens is 2. The van der Waals surface area contributed by atoms with Gasteiger partial charge in [-0.3, -0.25) is 9.88 Å². The summed E-state index contributed by atoms with van der Waals surface area (Å²) in [5.41, 5.74) is 9.15. The van der Waals surface area contributed by atoms with Crippen LogP contribution >= 0.6 is 0 Å². The number of fused-ring (bicyclic) bond motifs is 1. The van der Waals surface area contributed by atoms with E-state index in [9.17, 15) is 9.18 Å². The van der Waals surface area contributed by atoms with E-state index in [-0.39, 0.29) is 5.82 Å². The first-order chi connectivity index (χ1) is 13.6. The molecule has 0 bridgehead atoms. The number of rotatable bonds is 4. The van der Waals surface area contributed by atoms with Gasteiger partial charge in [0.15, 0.2) is 0 Å². The van der Waals surface area contributed by atoms with Gasteiger partial charge in [-0.25, -0.2) is 14.2 Å². The topological polar surface area (TPSA) is 81.3 Å². The highest BCUT2D eigenvalue weighted by atomic mass is 19.1. The summed E-state index contributed by atoms with van der Waals surface area (Å²) in [6, 6.07) is 9.42. The van der Waals surface area contributed by atoms with Crippen molar-refractivity contribution in [3.05, 3.63) is 71.9 Å². The molecule has 0 saturated carbocycles. The van der Waals surface area contributed by atoms with Gasteiger partial charge < -0.3 is 10.5 Å². The zero-order chi connectivity index (χ0) is 19.5. The van der Waals surface area contributed by atoms with E-state index in [2.05, 4.69) is 9.97 Å². The van der Waals surface area contributed by atoms with E-state index in [1.807, 2.05) is 12.1 Å². The SMILES string of the molecule is NC(=O)N1CCCc2cc(-c3cncc(COc4ccc(F)cc4)c3)cnc21. The normalized spacial score (nSPS) is 13.1. The van der Waals surface area contributed by atoms with E-state index < -0.39 is 6.03 Å². The van der Waals surface area contributed by atoms with Gasteiger partial charge in [0.05, 0.1) is 0 Å². The largest absolute Gasteiger partial charge is 0.489 e. The second-order valence-electron chi connectivity index (χ2n) is 6.62. The third kappa shape index (κ3) is 3.78. The smallest absolute Gasteiger partial charge is 0.320 e. The lowest BCUT2D eigenvalue weighted by Gasteiger charge is -2.26. The van der Waals surface area contributed by atoms with E-state index >= 15 is 0 Å². The molecule has 28 heavy (non-hydrogen) atoms. The van der Waals surface area contributed by atoms with E-state index in [1.54, 1.807) is 30.7 Å². The molecule has 0 atom stereocenters. The van der Waals surface area contributed by atoms with Gasteiger partial charge in [0.2, 0.25) is 0 Å². The summed E-state index contributed by atoms with van der Waals surface area (Å²) >= 11 is 0. The molecule has 0 aliphatic carbocycles. The Morgan fingerprint density at radius 2 is 1.93 bits per heavy atom. The Hall–Kier alpha value is -3.48. The van der Waals surface area contributed by atoms with E-state index in [4.69, 9.17) is 10.5 Å². The quantitative estimate of drug-likeness (QED) is 0.751. The van der Waals surface area contributed by atoms with Gasteiger partial charge in [0.1, 0.15) is 24.0 Å². The van der Waals surface area contributed by atoms with E-state index in [1.165, 1.54) is 17.0 Å². The lowest BCUT2D eigenvalue weighted by atomic mass is 10.0. The molecule has 1 aliphatic heterocycles. The van der Waals surface area contributed by atoms with Gasteiger partial charge in [0.25, 0.3) is 0 Å². The first-order valence-electron chi connectivity index (χ1n) is 8.99. The van der Waals surface area contributed by atoms with Gasteiger partial charge in [-0.1, -0.05) is 0 Å². The minimum Gasteiger partial charge on any atom is -0.489 e. The van der Waals surface area contributed by atoms with Crippen molar-refractivity contribution in [3.63, 3.8) is 0 Å². The monoisotopic (exact) mass is 378 g/mol. The van der Waals surface area contributed by atoms with E-state index in [0.29, 0.717) is 24.7 Å². The minimum atomic E-state index is -0.484. The van der Waals surface area contributed by atoms with Crippen LogP contribution in [0.1, 0.15) is 17.5 Å². The second-order valence-corrected chi connectivity index (χ2v) is 6.62. The highest BCUT2D eigenvalue weighted by Crippen LogP contribution is 2.29. The van der Waals surface area contributed by atoms with Crippen LogP contribution in [-0.4, -0.2) is 22.5 Å². The zero-order valence-corrected chi connectivity index (χ0v) is 15.1. The van der Waals surface area contributed by atoms with Crippen LogP contribution in [0.5, 0.6) is 5.75 Å². The Morgan fingerprint density at radius 3 is 2.71 bits per heavy atom. The zero-order valence-electron chi connectivity index (χ0n) is 15.1. The summed E-state index contributed by atoms with van der Waals surface area (Å²) in [5.74, 6) is 0.922. The first kappa shape index (κ1) is 17.9. The van der Waals surface area contributed by atoms with Crippen molar-refractivity contribution in [2.24, 2.45) is 5.73 Å². The maximum absolute atomic E-state index is 13.0. The molecule has 2 amide bonds. The van der Waals surface area contributed by atoms with Crippen LogP contribution in [0.15, 0.2) is 55.0 Å². The van der Waals surface area contributed by atoms with Crippen molar-refractivity contribution in [1.29, 1.82) is 0 Å². The van der Waals surface area contributed by atoms with Crippen LogP contribution in [-0.2, 0) is 13.0 Å². The highest BCUT2D eigenvalue weighted by Gasteiger charge is 2.22. The molecule has 0 saturated heterocycles. The van der Waals surface area contributed by atoms with Gasteiger partial charge in [-0.15, -0.1) is 0 Å². The Balaban J connectivity index is 1.54. The van der Waals surface area contributed by atoms with Crippen molar-refractivity contribution in [2.75, 3.05) is 11.4 Å². The van der Waals surface area contributed by atoms with Crippen molar-refractivity contribution in [2.45, 2.75) is 19.4 Å². The fourth-order valence-corrected chi connectivity index (χ4v) is 3.26. The highest BCUT2D eigenvalue weighted by molar-refractivity contribution is 5.91. The molecule has 0 fully saturated rings. The van der Waals surface area contributed by atoms with E-state index in [0.717, 1.165) is 35.1 Å². The number of carbonyl (C=O) groups excluding carboxylic acids is 1. The van der Waals surface area contributed by atoms with Gasteiger partial charge in [-0.05, 0) is 54.8 Å². The summed E-state index contributed by atoms with van der Waals surface area (Å²) in [5, 5.41) is 0. The number of ether oxygens (including phenoxy) is 1. The Kier molecular flexibility index (Phi) is 4.89. The Labute approximate surface area is 161 Å². The van der Waals surface area contributed by atoms with Gasteiger partial charge in [-0.2, -0.15) is 0 Å². The Bertz CT molecular complexity index is 1010. The molecule has 4 rings (SSSR count). The number of hydrogen-bond donors (Lipinski definition) is 1. The van der Waals surface area contributed by atoms with Crippen LogP contribution in [0.3, 0.4) is 0 Å². The molecule has 1 aromatic carbocycles. The molecule has 0 radical (unpaired) electrons. The molecule has 0 spiro atoms. The minimum absolute atomic E-state index is 0.300. The molecular weight excluding hydrogens is 359 g/mol. The number of pyridine rings is 2. The number of nitrogens with two attached hydrogens (primary N) is 1. The van der Waals surface area contributed by atoms with Crippen molar-refractivity contribution < 1.29 is 13.9 Å². The number of aryl methyl sites for hydroxylation is 1. The van der Waals surface area contributed by atoms with Crippen LogP contribution in [0.4, 0.5) is 15.0 Å². The summed E-state index contributed by atoms with van der Waals surface area (Å²) in [7, 11) is 0. The maximum Gasteiger partial charge on any atom is 0.320 e. The molecule has 142 valence electrons. The molecule has 2 N–H and O–H groups in total. The van der Waals surface area contributed by atoms with Gasteiger partial charge >= 0.3 is 6.03 Å². The average Bonchev–Trinajstić information content (AvgIpc) is 2.72. The lowest BCUT2D eigenvalue weighted by Crippen LogP contribution is -2.40. The van der Waals surface area contributed by atoms with Crippen molar-refractivity contribution in [3.8, 4) is 16.9 Å². The second kappa shape index (κ2) is 7.64. The maximum atomic E-state index is 13.0. The standard InChI is InChI=1S/C21H19FN4O2/c22-18-3-5-19(6-4-18)28-13-14-8-16(11-24-10-14)17-9-15-2-1-7-26(21(23)27)20(15)25-12-17/h3-6,8-12H,1-2,7,13H2,(H2,23,27). The summed E-state index contributed by atoms with van der Waals surface area (Å²) in [6.45, 7) is 0.909. The molecule has 7 heteroatoms. The number of anilines is 1. The first-order valence-corrected chi connectivity index (χ1v) is 8.99. The third-order valence-electron chi connectivity index (χ3n) is 4.64. The number of amides is 2. The van der Waals surface area contributed by atoms with Crippen molar-refractivity contribution >= 4 is 11.8 Å². The molecular formula is C21H19FN4O2. The molecule has 0 unspecified atom stereocenters. The number of urea groups is 1. The number of carbonyl (C=O) groups is 1. The molecule has 1 aliphatic rings. The van der Waals surface area contributed by atoms with Crippen LogP contribution in [0.2, 0.25) is 0 Å². The molecule has 3 heterocycles.